The van der Waals surface area contributed by atoms with E-state index in [2.05, 4.69) is 21.3 Å². The van der Waals surface area contributed by atoms with Gasteiger partial charge in [-0.3, -0.25) is 4.90 Å². The maximum absolute atomic E-state index is 15.1. The van der Waals surface area contributed by atoms with E-state index >= 15 is 4.39 Å². The average molecular weight is 403 g/mol. The maximum atomic E-state index is 15.1. The normalized spacial score (nSPS) is 16.1. The fourth-order valence-electron chi connectivity index (χ4n) is 4.34. The number of aromatic nitrogens is 1. The number of piperazine rings is 1. The van der Waals surface area contributed by atoms with Crippen LogP contribution in [0.25, 0.3) is 22.0 Å². The van der Waals surface area contributed by atoms with Gasteiger partial charge >= 0.3 is 0 Å². The monoisotopic (exact) mass is 403 g/mol. The highest BCUT2D eigenvalue weighted by Crippen LogP contribution is 2.34. The molecule has 1 aliphatic rings. The molecule has 4 aromatic rings. The molecule has 1 unspecified atom stereocenters. The lowest BCUT2D eigenvalue weighted by atomic mass is 9.92. The molecule has 1 aromatic heterocycles. The van der Waals surface area contributed by atoms with E-state index in [0.717, 1.165) is 53.8 Å². The molecule has 1 saturated heterocycles. The first-order valence-corrected chi connectivity index (χ1v) is 10.3. The van der Waals surface area contributed by atoms with Gasteiger partial charge in [0.15, 0.2) is 0 Å². The molecule has 0 bridgehead atoms. The van der Waals surface area contributed by atoms with E-state index in [9.17, 15) is 4.39 Å². The van der Waals surface area contributed by atoms with Crippen molar-refractivity contribution >= 4 is 10.9 Å². The van der Waals surface area contributed by atoms with Gasteiger partial charge in [0.1, 0.15) is 11.6 Å². The topological polar surface area (TPSA) is 31.1 Å². The fourth-order valence-corrected chi connectivity index (χ4v) is 4.34. The van der Waals surface area contributed by atoms with Gasteiger partial charge in [-0.1, -0.05) is 24.3 Å². The molecule has 30 heavy (non-hydrogen) atoms. The summed E-state index contributed by atoms with van der Waals surface area (Å²) in [5, 5.41) is 4.47. The predicted octanol–water partition coefficient (Wildman–Crippen LogP) is 5.11. The first-order valence-electron chi connectivity index (χ1n) is 10.3. The third-order valence-corrected chi connectivity index (χ3v) is 5.88. The van der Waals surface area contributed by atoms with E-state index in [0.29, 0.717) is 5.56 Å². The van der Waals surface area contributed by atoms with Crippen molar-refractivity contribution in [2.45, 2.75) is 6.04 Å². The molecular weight excluding hydrogens is 380 g/mol. The van der Waals surface area contributed by atoms with Gasteiger partial charge < -0.3 is 10.3 Å². The molecule has 1 atom stereocenters. The van der Waals surface area contributed by atoms with Gasteiger partial charge in [0.2, 0.25) is 0 Å². The molecule has 3 aromatic carbocycles. The average Bonchev–Trinajstić information content (AvgIpc) is 3.25. The number of rotatable bonds is 4. The van der Waals surface area contributed by atoms with E-state index in [4.69, 9.17) is 0 Å². The minimum Gasteiger partial charge on any atom is -0.361 e. The van der Waals surface area contributed by atoms with E-state index in [-0.39, 0.29) is 17.7 Å². The summed E-state index contributed by atoms with van der Waals surface area (Å²) in [6.07, 6.45) is 1.92. The molecule has 1 aliphatic heterocycles. The van der Waals surface area contributed by atoms with Crippen LogP contribution in [0.4, 0.5) is 8.78 Å². The summed E-state index contributed by atoms with van der Waals surface area (Å²) in [5.74, 6) is -0.527. The van der Waals surface area contributed by atoms with Gasteiger partial charge in [-0.2, -0.15) is 0 Å². The third-order valence-electron chi connectivity index (χ3n) is 5.88. The number of hydrogen-bond donors (Lipinski definition) is 2. The van der Waals surface area contributed by atoms with Crippen molar-refractivity contribution in [1.29, 1.82) is 0 Å². The Hall–Kier alpha value is -3.02. The van der Waals surface area contributed by atoms with E-state index in [1.807, 2.05) is 36.5 Å². The highest BCUT2D eigenvalue weighted by atomic mass is 19.1. The minimum atomic E-state index is -0.285. The number of nitrogens with zero attached hydrogens (tertiary/aromatic N) is 1. The van der Waals surface area contributed by atoms with E-state index in [1.54, 1.807) is 18.2 Å². The molecule has 5 rings (SSSR count). The molecule has 0 radical (unpaired) electrons. The number of aromatic amines is 1. The second-order valence-electron chi connectivity index (χ2n) is 7.76. The van der Waals surface area contributed by atoms with Crippen molar-refractivity contribution in [1.82, 2.24) is 15.2 Å². The van der Waals surface area contributed by atoms with Crippen molar-refractivity contribution in [2.24, 2.45) is 0 Å². The van der Waals surface area contributed by atoms with Crippen molar-refractivity contribution in [3.05, 3.63) is 95.7 Å². The van der Waals surface area contributed by atoms with Gasteiger partial charge in [-0.25, -0.2) is 8.78 Å². The van der Waals surface area contributed by atoms with Crippen molar-refractivity contribution in [2.75, 3.05) is 26.2 Å². The maximum Gasteiger partial charge on any atom is 0.128 e. The van der Waals surface area contributed by atoms with Crippen LogP contribution < -0.4 is 5.32 Å². The lowest BCUT2D eigenvalue weighted by Gasteiger charge is -2.36. The predicted molar refractivity (Wildman–Crippen MR) is 116 cm³/mol. The Bertz CT molecular complexity index is 1160. The molecular formula is C25H23F2N3. The molecule has 152 valence electrons. The van der Waals surface area contributed by atoms with Crippen LogP contribution in [-0.4, -0.2) is 36.1 Å². The number of benzene rings is 3. The van der Waals surface area contributed by atoms with Crippen LogP contribution in [0.15, 0.2) is 72.9 Å². The Morgan fingerprint density at radius 1 is 0.800 bits per heavy atom. The Morgan fingerprint density at radius 3 is 2.33 bits per heavy atom. The van der Waals surface area contributed by atoms with Crippen molar-refractivity contribution in [3.63, 3.8) is 0 Å². The molecule has 0 saturated carbocycles. The Morgan fingerprint density at radius 2 is 1.53 bits per heavy atom. The lowest BCUT2D eigenvalue weighted by Crippen LogP contribution is -2.45. The largest absolute Gasteiger partial charge is 0.361 e. The second-order valence-corrected chi connectivity index (χ2v) is 7.76. The van der Waals surface area contributed by atoms with Gasteiger partial charge in [-0.05, 0) is 64.5 Å². The summed E-state index contributed by atoms with van der Waals surface area (Å²) in [6.45, 7) is 3.31. The molecule has 5 heteroatoms. The van der Waals surface area contributed by atoms with Crippen molar-refractivity contribution < 1.29 is 8.78 Å². The van der Waals surface area contributed by atoms with Crippen LogP contribution in [0.1, 0.15) is 17.2 Å². The van der Waals surface area contributed by atoms with Gasteiger partial charge in [0.25, 0.3) is 0 Å². The van der Waals surface area contributed by atoms with Gasteiger partial charge in [0.05, 0.1) is 6.04 Å². The Kier molecular flexibility index (Phi) is 5.07. The van der Waals surface area contributed by atoms with Crippen LogP contribution in [0.5, 0.6) is 0 Å². The zero-order valence-electron chi connectivity index (χ0n) is 16.5. The fraction of sp³-hybridized carbons (Fsp3) is 0.200. The molecule has 0 aliphatic carbocycles. The first-order chi connectivity index (χ1) is 14.7. The molecule has 1 fully saturated rings. The highest BCUT2D eigenvalue weighted by Gasteiger charge is 2.26. The van der Waals surface area contributed by atoms with Crippen LogP contribution >= 0.6 is 0 Å². The number of H-pyrrole nitrogens is 1. The molecule has 0 spiro atoms. The number of halogens is 2. The number of hydrogen-bond acceptors (Lipinski definition) is 2. The summed E-state index contributed by atoms with van der Waals surface area (Å²) in [6, 6.07) is 19.7. The second kappa shape index (κ2) is 8.01. The van der Waals surface area contributed by atoms with E-state index in [1.165, 1.54) is 12.1 Å². The highest BCUT2D eigenvalue weighted by molar-refractivity contribution is 5.85. The molecule has 2 N–H and O–H groups in total. The molecule has 3 nitrogen and oxygen atoms in total. The third kappa shape index (κ3) is 3.62. The van der Waals surface area contributed by atoms with Gasteiger partial charge in [0, 0.05) is 43.5 Å². The Balaban J connectivity index is 1.60. The summed E-state index contributed by atoms with van der Waals surface area (Å²) in [5.41, 5.74) is 4.61. The molecule has 0 amide bonds. The Labute approximate surface area is 174 Å². The lowest BCUT2D eigenvalue weighted by molar-refractivity contribution is 0.195. The number of nitrogens with one attached hydrogen (secondary N) is 2. The quantitative estimate of drug-likeness (QED) is 0.496. The molecule has 2 heterocycles. The summed E-state index contributed by atoms with van der Waals surface area (Å²) in [7, 11) is 0. The summed E-state index contributed by atoms with van der Waals surface area (Å²) in [4.78, 5) is 5.47. The van der Waals surface area contributed by atoms with Crippen LogP contribution in [0.3, 0.4) is 0 Å². The summed E-state index contributed by atoms with van der Waals surface area (Å²) < 4.78 is 28.7. The van der Waals surface area contributed by atoms with Crippen molar-refractivity contribution in [3.8, 4) is 11.1 Å². The van der Waals surface area contributed by atoms with Crippen LogP contribution in [0, 0.1) is 11.6 Å². The smallest absolute Gasteiger partial charge is 0.128 e. The zero-order chi connectivity index (χ0) is 20.5. The first kappa shape index (κ1) is 19.0. The zero-order valence-corrected chi connectivity index (χ0v) is 16.5. The number of fused-ring (bicyclic) bond motifs is 1. The minimum absolute atomic E-state index is 0.241. The van der Waals surface area contributed by atoms with Crippen LogP contribution in [0.2, 0.25) is 0 Å². The summed E-state index contributed by atoms with van der Waals surface area (Å²) >= 11 is 0. The standard InChI is InChI=1S/C25H23F2N3/c26-21-5-1-17(2-6-21)25(30-13-11-28-12-14-30)22-16-19(3-7-23(22)27)18-4-8-24-20(15-18)9-10-29-24/h1-10,15-16,25,28-29H,11-14H2. The van der Waals surface area contributed by atoms with Crippen LogP contribution in [-0.2, 0) is 0 Å². The van der Waals surface area contributed by atoms with Gasteiger partial charge in [-0.15, -0.1) is 0 Å². The SMILES string of the molecule is Fc1ccc(C(c2cc(-c3ccc4[nH]ccc4c3)ccc2F)N2CCNCC2)cc1. The van der Waals surface area contributed by atoms with E-state index < -0.39 is 0 Å².